The fourth-order valence-corrected chi connectivity index (χ4v) is 3.18. The van der Waals surface area contributed by atoms with Gasteiger partial charge in [0.25, 0.3) is 11.8 Å². The molecule has 1 fully saturated rings. The summed E-state index contributed by atoms with van der Waals surface area (Å²) in [7, 11) is 1.58. The van der Waals surface area contributed by atoms with Crippen molar-refractivity contribution in [1.29, 1.82) is 0 Å². The summed E-state index contributed by atoms with van der Waals surface area (Å²) in [6.07, 6.45) is 0. The van der Waals surface area contributed by atoms with Crippen LogP contribution in [0.4, 0.5) is 0 Å². The molecule has 1 aromatic heterocycles. The topological polar surface area (TPSA) is 91.8 Å². The number of ether oxygens (including phenoxy) is 1. The van der Waals surface area contributed by atoms with Gasteiger partial charge in [-0.25, -0.2) is 4.98 Å². The molecule has 152 valence electrons. The molecule has 1 saturated heterocycles. The minimum atomic E-state index is -0.369. The van der Waals surface area contributed by atoms with Gasteiger partial charge in [-0.15, -0.1) is 0 Å². The first-order chi connectivity index (χ1) is 14.0. The van der Waals surface area contributed by atoms with Gasteiger partial charge in [-0.2, -0.15) is 0 Å². The number of benzene rings is 1. The monoisotopic (exact) mass is 396 g/mol. The molecule has 0 atom stereocenters. The largest absolute Gasteiger partial charge is 0.496 e. The Morgan fingerprint density at radius 3 is 2.31 bits per heavy atom. The van der Waals surface area contributed by atoms with Crippen LogP contribution in [0.3, 0.4) is 0 Å². The molecule has 2 aromatic rings. The molecule has 8 nitrogen and oxygen atoms in total. The number of hydrogen-bond acceptors (Lipinski definition) is 5. The van der Waals surface area contributed by atoms with Gasteiger partial charge >= 0.3 is 0 Å². The molecule has 3 rings (SSSR count). The Morgan fingerprint density at radius 2 is 1.62 bits per heavy atom. The highest BCUT2D eigenvalue weighted by atomic mass is 16.5. The molecular formula is C21H24N4O4. The van der Waals surface area contributed by atoms with Gasteiger partial charge in [0.2, 0.25) is 5.91 Å². The molecule has 0 aliphatic carbocycles. The van der Waals surface area contributed by atoms with Crippen molar-refractivity contribution in [3.63, 3.8) is 0 Å². The quantitative estimate of drug-likeness (QED) is 0.823. The van der Waals surface area contributed by atoms with Gasteiger partial charge in [0, 0.05) is 45.2 Å². The number of nitrogens with one attached hydrogen (secondary N) is 1. The summed E-state index contributed by atoms with van der Waals surface area (Å²) in [4.78, 5) is 44.3. The highest BCUT2D eigenvalue weighted by Gasteiger charge is 2.24. The van der Waals surface area contributed by atoms with Crippen LogP contribution in [0.1, 0.15) is 33.5 Å². The van der Waals surface area contributed by atoms with Gasteiger partial charge in [-0.1, -0.05) is 24.3 Å². The van der Waals surface area contributed by atoms with Gasteiger partial charge in [0.15, 0.2) is 0 Å². The standard InChI is InChI=1S/C21H24N4O4/c1-15(26)24-10-12-25(13-11-24)21(28)18-8-5-7-17(23-18)20(27)22-14-16-6-3-4-9-19(16)29-2/h3-9H,10-14H2,1-2H3,(H,22,27). The maximum absolute atomic E-state index is 12.7. The van der Waals surface area contributed by atoms with Crippen molar-refractivity contribution in [1.82, 2.24) is 20.1 Å². The average Bonchev–Trinajstić information content (AvgIpc) is 2.77. The second-order valence-electron chi connectivity index (χ2n) is 6.70. The van der Waals surface area contributed by atoms with E-state index in [9.17, 15) is 14.4 Å². The number of para-hydroxylation sites is 1. The number of carbonyl (C=O) groups excluding carboxylic acids is 3. The van der Waals surface area contributed by atoms with Crippen molar-refractivity contribution in [2.75, 3.05) is 33.3 Å². The Balaban J connectivity index is 1.63. The van der Waals surface area contributed by atoms with Crippen LogP contribution in [0.15, 0.2) is 42.5 Å². The molecule has 29 heavy (non-hydrogen) atoms. The smallest absolute Gasteiger partial charge is 0.272 e. The van der Waals surface area contributed by atoms with Crippen LogP contribution in [0, 0.1) is 0 Å². The fourth-order valence-electron chi connectivity index (χ4n) is 3.18. The van der Waals surface area contributed by atoms with Crippen molar-refractivity contribution in [3.05, 3.63) is 59.4 Å². The predicted octanol–water partition coefficient (Wildman–Crippen LogP) is 1.32. The first kappa shape index (κ1) is 20.3. The Kier molecular flexibility index (Phi) is 6.43. The summed E-state index contributed by atoms with van der Waals surface area (Å²) < 4.78 is 5.28. The molecule has 0 radical (unpaired) electrons. The van der Waals surface area contributed by atoms with Crippen LogP contribution < -0.4 is 10.1 Å². The van der Waals surface area contributed by atoms with Crippen molar-refractivity contribution < 1.29 is 19.1 Å². The van der Waals surface area contributed by atoms with E-state index in [0.29, 0.717) is 31.9 Å². The molecule has 0 spiro atoms. The molecule has 1 aliphatic rings. The second kappa shape index (κ2) is 9.18. The van der Waals surface area contributed by atoms with E-state index >= 15 is 0 Å². The minimum absolute atomic E-state index is 0.00365. The third-order valence-corrected chi connectivity index (χ3v) is 4.84. The number of carbonyl (C=O) groups is 3. The Bertz CT molecular complexity index is 907. The summed E-state index contributed by atoms with van der Waals surface area (Å²) in [5.41, 5.74) is 1.23. The van der Waals surface area contributed by atoms with E-state index in [1.807, 2.05) is 24.3 Å². The number of rotatable bonds is 5. The van der Waals surface area contributed by atoms with Crippen LogP contribution in [0.25, 0.3) is 0 Å². The number of methoxy groups -OCH3 is 1. The maximum atomic E-state index is 12.7. The van der Waals surface area contributed by atoms with E-state index in [0.717, 1.165) is 5.56 Å². The highest BCUT2D eigenvalue weighted by Crippen LogP contribution is 2.17. The van der Waals surface area contributed by atoms with E-state index in [2.05, 4.69) is 10.3 Å². The van der Waals surface area contributed by atoms with E-state index in [1.54, 1.807) is 35.1 Å². The lowest BCUT2D eigenvalue weighted by molar-refractivity contribution is -0.130. The lowest BCUT2D eigenvalue weighted by atomic mass is 10.2. The van der Waals surface area contributed by atoms with Crippen molar-refractivity contribution in [2.45, 2.75) is 13.5 Å². The molecule has 0 bridgehead atoms. The summed E-state index contributed by atoms with van der Waals surface area (Å²) in [6.45, 7) is 3.71. The maximum Gasteiger partial charge on any atom is 0.272 e. The third-order valence-electron chi connectivity index (χ3n) is 4.84. The van der Waals surface area contributed by atoms with Crippen molar-refractivity contribution >= 4 is 17.7 Å². The average molecular weight is 396 g/mol. The normalized spacial score (nSPS) is 13.7. The van der Waals surface area contributed by atoms with Crippen LogP contribution in [-0.2, 0) is 11.3 Å². The Labute approximate surface area is 169 Å². The molecule has 3 amide bonds. The molecule has 1 N–H and O–H groups in total. The Hall–Kier alpha value is -3.42. The number of pyridine rings is 1. The lowest BCUT2D eigenvalue weighted by Gasteiger charge is -2.34. The lowest BCUT2D eigenvalue weighted by Crippen LogP contribution is -2.50. The molecule has 2 heterocycles. The summed E-state index contributed by atoms with van der Waals surface area (Å²) in [6, 6.07) is 12.2. The predicted molar refractivity (Wildman–Crippen MR) is 107 cm³/mol. The van der Waals surface area contributed by atoms with Gasteiger partial charge in [-0.3, -0.25) is 14.4 Å². The van der Waals surface area contributed by atoms with Gasteiger partial charge in [0.1, 0.15) is 17.1 Å². The first-order valence-electron chi connectivity index (χ1n) is 9.41. The van der Waals surface area contributed by atoms with E-state index in [4.69, 9.17) is 4.74 Å². The van der Waals surface area contributed by atoms with E-state index in [1.165, 1.54) is 6.92 Å². The third kappa shape index (κ3) is 4.90. The molecule has 1 aliphatic heterocycles. The zero-order valence-electron chi connectivity index (χ0n) is 16.6. The second-order valence-corrected chi connectivity index (χ2v) is 6.70. The molecule has 0 saturated carbocycles. The first-order valence-corrected chi connectivity index (χ1v) is 9.41. The van der Waals surface area contributed by atoms with Crippen LogP contribution in [-0.4, -0.2) is 65.8 Å². The molecule has 8 heteroatoms. The molecular weight excluding hydrogens is 372 g/mol. The van der Waals surface area contributed by atoms with Crippen molar-refractivity contribution in [2.24, 2.45) is 0 Å². The number of amides is 3. The number of nitrogens with zero attached hydrogens (tertiary/aromatic N) is 3. The van der Waals surface area contributed by atoms with Gasteiger partial charge < -0.3 is 19.9 Å². The summed E-state index contributed by atoms with van der Waals surface area (Å²) >= 11 is 0. The molecule has 0 unspecified atom stereocenters. The minimum Gasteiger partial charge on any atom is -0.496 e. The Morgan fingerprint density at radius 1 is 0.966 bits per heavy atom. The van der Waals surface area contributed by atoms with E-state index in [-0.39, 0.29) is 35.7 Å². The fraction of sp³-hybridized carbons (Fsp3) is 0.333. The van der Waals surface area contributed by atoms with Crippen LogP contribution in [0.5, 0.6) is 5.75 Å². The number of aromatic nitrogens is 1. The SMILES string of the molecule is COc1ccccc1CNC(=O)c1cccc(C(=O)N2CCN(C(C)=O)CC2)n1. The van der Waals surface area contributed by atoms with Crippen molar-refractivity contribution in [3.8, 4) is 5.75 Å². The molecule has 1 aromatic carbocycles. The van der Waals surface area contributed by atoms with Crippen LogP contribution >= 0.6 is 0 Å². The van der Waals surface area contributed by atoms with Gasteiger partial charge in [-0.05, 0) is 18.2 Å². The highest BCUT2D eigenvalue weighted by molar-refractivity contribution is 5.96. The van der Waals surface area contributed by atoms with Gasteiger partial charge in [0.05, 0.1) is 7.11 Å². The number of piperazine rings is 1. The van der Waals surface area contributed by atoms with E-state index < -0.39 is 0 Å². The summed E-state index contributed by atoms with van der Waals surface area (Å²) in [5, 5.41) is 2.80. The number of hydrogen-bond donors (Lipinski definition) is 1. The zero-order valence-corrected chi connectivity index (χ0v) is 16.6. The zero-order chi connectivity index (χ0) is 20.8. The summed E-state index contributed by atoms with van der Waals surface area (Å²) in [5.74, 6) is 0.0814. The van der Waals surface area contributed by atoms with Crippen LogP contribution in [0.2, 0.25) is 0 Å².